The second-order valence-corrected chi connectivity index (χ2v) is 8.10. The van der Waals surface area contributed by atoms with Gasteiger partial charge in [-0.3, -0.25) is 14.5 Å². The van der Waals surface area contributed by atoms with Gasteiger partial charge in [0.25, 0.3) is 11.8 Å². The van der Waals surface area contributed by atoms with Crippen LogP contribution in [0.2, 0.25) is 0 Å². The Balaban J connectivity index is 1.24. The summed E-state index contributed by atoms with van der Waals surface area (Å²) >= 11 is 0. The number of rotatable bonds is 4. The maximum Gasteiger partial charge on any atom is 0.269 e. The van der Waals surface area contributed by atoms with Gasteiger partial charge in [-0.25, -0.2) is 9.98 Å². The molecule has 2 aromatic rings. The molecular weight excluding hydrogens is 394 g/mol. The number of aromatic nitrogens is 1. The van der Waals surface area contributed by atoms with Crippen LogP contribution < -0.4 is 20.8 Å². The van der Waals surface area contributed by atoms with Crippen molar-refractivity contribution in [1.82, 2.24) is 15.2 Å². The van der Waals surface area contributed by atoms with Crippen LogP contribution in [0.1, 0.15) is 22.5 Å². The molecule has 5 rings (SSSR count). The van der Waals surface area contributed by atoms with Gasteiger partial charge < -0.3 is 15.0 Å². The van der Waals surface area contributed by atoms with Gasteiger partial charge in [0.1, 0.15) is 17.4 Å². The molecule has 2 fully saturated rings. The fourth-order valence-corrected chi connectivity index (χ4v) is 4.45. The third kappa shape index (κ3) is 3.79. The van der Waals surface area contributed by atoms with Crippen LogP contribution in [-0.2, 0) is 16.1 Å². The number of anilines is 1. The summed E-state index contributed by atoms with van der Waals surface area (Å²) in [5.74, 6) is 0.350. The van der Waals surface area contributed by atoms with E-state index in [1.165, 1.54) is 0 Å². The van der Waals surface area contributed by atoms with Gasteiger partial charge in [-0.15, -0.1) is 0 Å². The normalized spacial score (nSPS) is 20.5. The van der Waals surface area contributed by atoms with Crippen molar-refractivity contribution in [3.05, 3.63) is 58.4 Å². The molecule has 0 spiro atoms. The Morgan fingerprint density at radius 1 is 1.19 bits per heavy atom. The predicted molar refractivity (Wildman–Crippen MR) is 115 cm³/mol. The van der Waals surface area contributed by atoms with E-state index in [4.69, 9.17) is 4.74 Å². The van der Waals surface area contributed by atoms with Crippen LogP contribution in [0.15, 0.2) is 41.5 Å². The Kier molecular flexibility index (Phi) is 5.15. The number of piperazine rings is 1. The van der Waals surface area contributed by atoms with Gasteiger partial charge in [0.05, 0.1) is 23.8 Å². The van der Waals surface area contributed by atoms with Crippen LogP contribution >= 0.6 is 0 Å². The van der Waals surface area contributed by atoms with Gasteiger partial charge in [0.2, 0.25) is 0 Å². The van der Waals surface area contributed by atoms with Gasteiger partial charge in [-0.2, -0.15) is 0 Å². The Hall–Kier alpha value is -3.26. The molecule has 160 valence electrons. The van der Waals surface area contributed by atoms with Gasteiger partial charge in [0, 0.05) is 51.4 Å². The minimum Gasteiger partial charge on any atom is -0.496 e. The zero-order chi connectivity index (χ0) is 21.4. The maximum absolute atomic E-state index is 12.3. The number of hydrogen-bond acceptors (Lipinski definition) is 6. The Bertz CT molecular complexity index is 1140. The molecule has 0 bridgehead atoms. The van der Waals surface area contributed by atoms with Gasteiger partial charge in [-0.1, -0.05) is 6.07 Å². The van der Waals surface area contributed by atoms with Gasteiger partial charge in [-0.05, 0) is 29.8 Å². The summed E-state index contributed by atoms with van der Waals surface area (Å²) < 4.78 is 5.72. The molecule has 1 atom stereocenters. The molecule has 0 saturated carbocycles. The lowest BCUT2D eigenvalue weighted by Crippen LogP contribution is -2.46. The van der Waals surface area contributed by atoms with E-state index in [0.29, 0.717) is 12.3 Å². The average molecular weight is 419 g/mol. The number of amides is 2. The molecule has 1 unspecified atom stereocenters. The Morgan fingerprint density at radius 3 is 2.77 bits per heavy atom. The first-order valence-corrected chi connectivity index (χ1v) is 10.7. The van der Waals surface area contributed by atoms with E-state index < -0.39 is 0 Å². The molecule has 0 aliphatic carbocycles. The number of nitrogens with one attached hydrogen (secondary N) is 1. The van der Waals surface area contributed by atoms with Crippen molar-refractivity contribution in [2.45, 2.75) is 13.0 Å². The summed E-state index contributed by atoms with van der Waals surface area (Å²) in [4.78, 5) is 37.2. The number of fused-ring (bicyclic) bond motifs is 2. The number of nitrogens with zero attached hydrogens (tertiary/aromatic N) is 4. The number of benzene rings is 1. The molecule has 4 heterocycles. The molecule has 2 saturated heterocycles. The van der Waals surface area contributed by atoms with Crippen molar-refractivity contribution in [1.29, 1.82) is 0 Å². The first-order valence-electron chi connectivity index (χ1n) is 10.7. The summed E-state index contributed by atoms with van der Waals surface area (Å²) in [6.07, 6.45) is 2.49. The Labute approximate surface area is 180 Å². The van der Waals surface area contributed by atoms with Crippen LogP contribution in [0.4, 0.5) is 5.69 Å². The molecule has 31 heavy (non-hydrogen) atoms. The van der Waals surface area contributed by atoms with Crippen LogP contribution in [-0.4, -0.2) is 61.5 Å². The summed E-state index contributed by atoms with van der Waals surface area (Å²) in [5, 5.41) is 4.28. The number of ether oxygens (including phenoxy) is 1. The van der Waals surface area contributed by atoms with E-state index in [0.717, 1.165) is 66.7 Å². The molecule has 1 N–H and O–H groups in total. The highest BCUT2D eigenvalue weighted by molar-refractivity contribution is 5.92. The summed E-state index contributed by atoms with van der Waals surface area (Å²) in [5.41, 5.74) is 2.60. The van der Waals surface area contributed by atoms with E-state index in [1.54, 1.807) is 19.3 Å². The first-order chi connectivity index (χ1) is 15.1. The van der Waals surface area contributed by atoms with Crippen LogP contribution in [0.3, 0.4) is 0 Å². The maximum atomic E-state index is 12.3. The van der Waals surface area contributed by atoms with Crippen LogP contribution in [0.5, 0.6) is 0 Å². The van der Waals surface area contributed by atoms with Crippen molar-refractivity contribution in [2.24, 2.45) is 10.9 Å². The fraction of sp³-hybridized carbons (Fsp3) is 0.391. The molecule has 1 aromatic heterocycles. The minimum absolute atomic E-state index is 0.0817. The summed E-state index contributed by atoms with van der Waals surface area (Å²) in [6, 6.07) is 9.89. The zero-order valence-corrected chi connectivity index (χ0v) is 17.5. The lowest BCUT2D eigenvalue weighted by atomic mass is 10.00. The quantitative estimate of drug-likeness (QED) is 0.755. The SMILES string of the molecule is CNC(=O)c1ccc(N2CCN(Cc3ccc4c(c3)=NC(=O)C3CCOC=43)CC2)cn1. The van der Waals surface area contributed by atoms with E-state index in [2.05, 4.69) is 31.2 Å². The van der Waals surface area contributed by atoms with E-state index in [1.807, 2.05) is 18.2 Å². The molecule has 0 radical (unpaired) electrons. The average Bonchev–Trinajstić information content (AvgIpc) is 3.30. The molecule has 1 aromatic carbocycles. The number of pyridine rings is 1. The third-order valence-corrected chi connectivity index (χ3v) is 6.19. The standard InChI is InChI=1S/C23H25N5O3/c1-24-23(30)19-5-3-16(13-25-19)28-9-7-27(8-10-28)14-15-2-4-17-20(12-15)26-22(29)18-6-11-31-21(17)18/h2-5,12-13,18H,6-11,14H2,1H3,(H,24,30). The second kappa shape index (κ2) is 8.11. The summed E-state index contributed by atoms with van der Waals surface area (Å²) in [7, 11) is 1.60. The van der Waals surface area contributed by atoms with Gasteiger partial charge in [0.15, 0.2) is 0 Å². The zero-order valence-electron chi connectivity index (χ0n) is 17.5. The van der Waals surface area contributed by atoms with Crippen molar-refractivity contribution in [3.63, 3.8) is 0 Å². The fourth-order valence-electron chi connectivity index (χ4n) is 4.45. The monoisotopic (exact) mass is 419 g/mol. The topological polar surface area (TPSA) is 87.1 Å². The molecule has 8 heteroatoms. The summed E-state index contributed by atoms with van der Waals surface area (Å²) in [6.45, 7) is 5.04. The molecule has 8 nitrogen and oxygen atoms in total. The largest absolute Gasteiger partial charge is 0.496 e. The Morgan fingerprint density at radius 2 is 2.03 bits per heavy atom. The first kappa shape index (κ1) is 19.7. The third-order valence-electron chi connectivity index (χ3n) is 6.19. The van der Waals surface area contributed by atoms with Crippen LogP contribution in [0, 0.1) is 5.92 Å². The van der Waals surface area contributed by atoms with E-state index in [9.17, 15) is 9.59 Å². The van der Waals surface area contributed by atoms with Crippen molar-refractivity contribution >= 4 is 23.3 Å². The number of carbonyl (C=O) groups excluding carboxylic acids is 2. The highest BCUT2D eigenvalue weighted by atomic mass is 16.5. The lowest BCUT2D eigenvalue weighted by molar-refractivity contribution is -0.120. The van der Waals surface area contributed by atoms with Crippen molar-refractivity contribution in [3.8, 4) is 0 Å². The second-order valence-electron chi connectivity index (χ2n) is 8.10. The smallest absolute Gasteiger partial charge is 0.269 e. The van der Waals surface area contributed by atoms with E-state index in [-0.39, 0.29) is 17.7 Å². The highest BCUT2D eigenvalue weighted by Gasteiger charge is 2.32. The van der Waals surface area contributed by atoms with E-state index >= 15 is 0 Å². The molecule has 3 aliphatic rings. The number of hydrogen-bond donors (Lipinski definition) is 1. The van der Waals surface area contributed by atoms with Crippen molar-refractivity contribution < 1.29 is 14.3 Å². The molecular formula is C23H25N5O3. The minimum atomic E-state index is -0.189. The predicted octanol–water partition coefficient (Wildman–Crippen LogP) is 0.0679. The molecule has 2 amide bonds. The number of carbonyl (C=O) groups is 2. The van der Waals surface area contributed by atoms with Crippen molar-refractivity contribution in [2.75, 3.05) is 44.7 Å². The van der Waals surface area contributed by atoms with Gasteiger partial charge >= 0.3 is 0 Å². The lowest BCUT2D eigenvalue weighted by Gasteiger charge is -2.36. The van der Waals surface area contributed by atoms with Crippen LogP contribution in [0.25, 0.3) is 5.76 Å². The highest BCUT2D eigenvalue weighted by Crippen LogP contribution is 2.26. The molecule has 3 aliphatic heterocycles.